The number of nitrogens with two attached hydrogens (primary N) is 1. The molecule has 0 bridgehead atoms. The van der Waals surface area contributed by atoms with Crippen molar-refractivity contribution >= 4 is 33.4 Å². The summed E-state index contributed by atoms with van der Waals surface area (Å²) >= 11 is 6.24. The Morgan fingerprint density at radius 1 is 1.12 bits per heavy atom. The number of sulfonamides is 1. The van der Waals surface area contributed by atoms with E-state index in [4.69, 9.17) is 22.1 Å². The molecule has 2 heterocycles. The Morgan fingerprint density at radius 3 is 2.58 bits per heavy atom. The average Bonchev–Trinajstić information content (AvgIpc) is 2.81. The third-order valence-electron chi connectivity index (χ3n) is 5.54. The van der Waals surface area contributed by atoms with Crippen molar-refractivity contribution in [2.24, 2.45) is 0 Å². The lowest BCUT2D eigenvalue weighted by Gasteiger charge is -2.26. The van der Waals surface area contributed by atoms with Crippen molar-refractivity contribution in [2.75, 3.05) is 43.9 Å². The smallest absolute Gasteiger partial charge is 0.243 e. The maximum atomic E-state index is 12.7. The molecule has 10 heteroatoms. The molecule has 0 radical (unpaired) electrons. The molecule has 1 aliphatic rings. The maximum Gasteiger partial charge on any atom is 0.243 e. The summed E-state index contributed by atoms with van der Waals surface area (Å²) in [6, 6.07) is 14.5. The first-order valence-corrected chi connectivity index (χ1v) is 12.5. The van der Waals surface area contributed by atoms with E-state index in [0.29, 0.717) is 60.7 Å². The van der Waals surface area contributed by atoms with Gasteiger partial charge in [0.2, 0.25) is 16.0 Å². The standard InChI is InChI=1S/C23H26ClN5O3S/c1-16-19(3-2-4-20(16)24)21-15-22(28-23(25)27-21)26-10-9-17-5-7-18(8-6-17)33(30,31)29-11-13-32-14-12-29/h2-8,15H,9-14H2,1H3,(H3,25,26,27,28). The van der Waals surface area contributed by atoms with Gasteiger partial charge in [-0.15, -0.1) is 0 Å². The van der Waals surface area contributed by atoms with E-state index in [0.717, 1.165) is 16.7 Å². The Hall–Kier alpha value is -2.72. The molecule has 3 N–H and O–H groups in total. The van der Waals surface area contributed by atoms with E-state index >= 15 is 0 Å². The monoisotopic (exact) mass is 487 g/mol. The number of halogens is 1. The Bertz CT molecular complexity index is 1230. The van der Waals surface area contributed by atoms with E-state index in [2.05, 4.69) is 15.3 Å². The van der Waals surface area contributed by atoms with Crippen LogP contribution in [0.1, 0.15) is 11.1 Å². The van der Waals surface area contributed by atoms with Crippen molar-refractivity contribution in [3.05, 3.63) is 64.7 Å². The first-order valence-electron chi connectivity index (χ1n) is 10.7. The highest BCUT2D eigenvalue weighted by Crippen LogP contribution is 2.28. The second-order valence-corrected chi connectivity index (χ2v) is 10.1. The SMILES string of the molecule is Cc1c(Cl)cccc1-c1cc(NCCc2ccc(S(=O)(=O)N3CCOCC3)cc2)nc(N)n1. The minimum Gasteiger partial charge on any atom is -0.379 e. The highest BCUT2D eigenvalue weighted by atomic mass is 35.5. The van der Waals surface area contributed by atoms with E-state index in [1.54, 1.807) is 12.1 Å². The number of ether oxygens (including phenoxy) is 1. The van der Waals surface area contributed by atoms with Crippen molar-refractivity contribution in [1.82, 2.24) is 14.3 Å². The first kappa shape index (κ1) is 23.4. The van der Waals surface area contributed by atoms with Crippen LogP contribution in [0.2, 0.25) is 5.02 Å². The molecule has 0 spiro atoms. The van der Waals surface area contributed by atoms with Gasteiger partial charge in [0.05, 0.1) is 23.8 Å². The number of nitrogen functional groups attached to an aromatic ring is 1. The lowest BCUT2D eigenvalue weighted by molar-refractivity contribution is 0.0730. The number of aromatic nitrogens is 2. The van der Waals surface area contributed by atoms with E-state index in [9.17, 15) is 8.42 Å². The van der Waals surface area contributed by atoms with Gasteiger partial charge < -0.3 is 15.8 Å². The molecule has 0 amide bonds. The van der Waals surface area contributed by atoms with Gasteiger partial charge in [-0.05, 0) is 42.7 Å². The number of nitrogens with zero attached hydrogens (tertiary/aromatic N) is 3. The summed E-state index contributed by atoms with van der Waals surface area (Å²) < 4.78 is 32.2. The van der Waals surface area contributed by atoms with Crippen LogP contribution in [0.4, 0.5) is 11.8 Å². The minimum absolute atomic E-state index is 0.173. The van der Waals surface area contributed by atoms with Crippen LogP contribution < -0.4 is 11.1 Å². The van der Waals surface area contributed by atoms with Gasteiger partial charge in [0.15, 0.2) is 0 Å². The van der Waals surface area contributed by atoms with Crippen LogP contribution in [0.3, 0.4) is 0 Å². The molecule has 1 saturated heterocycles. The minimum atomic E-state index is -3.49. The number of morpholine rings is 1. The van der Waals surface area contributed by atoms with E-state index < -0.39 is 10.0 Å². The first-order chi connectivity index (χ1) is 15.8. The Balaban J connectivity index is 1.40. The number of benzene rings is 2. The summed E-state index contributed by atoms with van der Waals surface area (Å²) in [7, 11) is -3.49. The van der Waals surface area contributed by atoms with Gasteiger partial charge in [-0.3, -0.25) is 0 Å². The van der Waals surface area contributed by atoms with Crippen LogP contribution >= 0.6 is 11.6 Å². The zero-order valence-corrected chi connectivity index (χ0v) is 19.9. The lowest BCUT2D eigenvalue weighted by Crippen LogP contribution is -2.40. The molecule has 8 nitrogen and oxygen atoms in total. The van der Waals surface area contributed by atoms with Crippen molar-refractivity contribution in [3.8, 4) is 11.3 Å². The molecule has 1 aliphatic heterocycles. The molecule has 0 aliphatic carbocycles. The zero-order valence-electron chi connectivity index (χ0n) is 18.3. The van der Waals surface area contributed by atoms with Crippen LogP contribution in [0.5, 0.6) is 0 Å². The van der Waals surface area contributed by atoms with Crippen molar-refractivity contribution in [3.63, 3.8) is 0 Å². The molecule has 33 heavy (non-hydrogen) atoms. The summed E-state index contributed by atoms with van der Waals surface area (Å²) in [5, 5.41) is 3.94. The fraction of sp³-hybridized carbons (Fsp3) is 0.304. The van der Waals surface area contributed by atoms with Gasteiger partial charge in [-0.1, -0.05) is 35.9 Å². The number of anilines is 2. The van der Waals surface area contributed by atoms with Crippen LogP contribution in [-0.4, -0.2) is 55.5 Å². The highest BCUT2D eigenvalue weighted by Gasteiger charge is 2.26. The number of hydrogen-bond acceptors (Lipinski definition) is 7. The second kappa shape index (κ2) is 10.0. The molecule has 2 aromatic carbocycles. The molecular formula is C23H26ClN5O3S. The van der Waals surface area contributed by atoms with Crippen LogP contribution in [0.15, 0.2) is 53.4 Å². The van der Waals surface area contributed by atoms with Crippen molar-refractivity contribution < 1.29 is 13.2 Å². The number of nitrogens with one attached hydrogen (secondary N) is 1. The van der Waals surface area contributed by atoms with E-state index in [-0.39, 0.29) is 5.95 Å². The normalized spacial score (nSPS) is 14.8. The van der Waals surface area contributed by atoms with Gasteiger partial charge in [0.25, 0.3) is 0 Å². The van der Waals surface area contributed by atoms with Crippen molar-refractivity contribution in [2.45, 2.75) is 18.2 Å². The fourth-order valence-corrected chi connectivity index (χ4v) is 5.26. The van der Waals surface area contributed by atoms with E-state index in [1.165, 1.54) is 4.31 Å². The predicted molar refractivity (Wildman–Crippen MR) is 130 cm³/mol. The topological polar surface area (TPSA) is 110 Å². The summed E-state index contributed by atoms with van der Waals surface area (Å²) in [6.45, 7) is 4.15. The molecule has 0 unspecified atom stereocenters. The van der Waals surface area contributed by atoms with Crippen LogP contribution in [-0.2, 0) is 21.2 Å². The summed E-state index contributed by atoms with van der Waals surface area (Å²) in [5.74, 6) is 0.787. The van der Waals surface area contributed by atoms with Crippen LogP contribution in [0.25, 0.3) is 11.3 Å². The van der Waals surface area contributed by atoms with Crippen molar-refractivity contribution in [1.29, 1.82) is 0 Å². The molecule has 4 rings (SSSR count). The largest absolute Gasteiger partial charge is 0.379 e. The van der Waals surface area contributed by atoms with Gasteiger partial charge in [0, 0.05) is 36.3 Å². The van der Waals surface area contributed by atoms with Gasteiger partial charge in [0.1, 0.15) is 5.82 Å². The molecule has 174 valence electrons. The molecule has 3 aromatic rings. The number of hydrogen-bond donors (Lipinski definition) is 2. The Labute approximate surface area is 198 Å². The van der Waals surface area contributed by atoms with Crippen LogP contribution in [0, 0.1) is 6.92 Å². The Kier molecular flexibility index (Phi) is 7.14. The lowest BCUT2D eigenvalue weighted by atomic mass is 10.1. The second-order valence-electron chi connectivity index (χ2n) is 7.75. The third-order valence-corrected chi connectivity index (χ3v) is 7.86. The highest BCUT2D eigenvalue weighted by molar-refractivity contribution is 7.89. The maximum absolute atomic E-state index is 12.7. The Morgan fingerprint density at radius 2 is 1.85 bits per heavy atom. The fourth-order valence-electron chi connectivity index (χ4n) is 3.68. The van der Waals surface area contributed by atoms with Gasteiger partial charge in [-0.25, -0.2) is 13.4 Å². The summed E-state index contributed by atoms with van der Waals surface area (Å²) in [5.41, 5.74) is 9.46. The predicted octanol–water partition coefficient (Wildman–Crippen LogP) is 3.36. The molecule has 0 atom stereocenters. The van der Waals surface area contributed by atoms with Gasteiger partial charge in [-0.2, -0.15) is 9.29 Å². The summed E-state index contributed by atoms with van der Waals surface area (Å²) in [6.07, 6.45) is 0.688. The zero-order chi connectivity index (χ0) is 23.4. The van der Waals surface area contributed by atoms with Gasteiger partial charge >= 0.3 is 0 Å². The van der Waals surface area contributed by atoms with E-state index in [1.807, 2.05) is 43.3 Å². The average molecular weight is 488 g/mol. The number of rotatable bonds is 7. The third kappa shape index (κ3) is 5.44. The molecule has 1 aromatic heterocycles. The molecular weight excluding hydrogens is 462 g/mol. The molecule has 0 saturated carbocycles. The summed E-state index contributed by atoms with van der Waals surface area (Å²) in [4.78, 5) is 8.91. The molecule has 1 fully saturated rings. The quantitative estimate of drug-likeness (QED) is 0.525.